The number of aromatic nitrogens is 2. The van der Waals surface area contributed by atoms with Crippen LogP contribution < -0.4 is 0 Å². The summed E-state index contributed by atoms with van der Waals surface area (Å²) in [5.41, 5.74) is 0. The fourth-order valence-electron chi connectivity index (χ4n) is 0.625. The van der Waals surface area contributed by atoms with Gasteiger partial charge >= 0.3 is 0 Å². The molecule has 0 aliphatic rings. The minimum absolute atomic E-state index is 0. The quantitative estimate of drug-likeness (QED) is 0.670. The molecular weight excluding hydrogens is 332 g/mol. The molecule has 0 aromatic carbocycles. The average Bonchev–Trinajstić information content (AvgIpc) is 2.37. The first-order valence-corrected chi connectivity index (χ1v) is 4.20. The van der Waals surface area contributed by atoms with Crippen molar-refractivity contribution < 1.29 is 0 Å². The summed E-state index contributed by atoms with van der Waals surface area (Å²) in [6.07, 6.45) is 7.00. The molecule has 16 heavy (non-hydrogen) atoms. The first-order valence-electron chi connectivity index (χ1n) is 4.20. The molecular formula is C12H16Br2N2. The van der Waals surface area contributed by atoms with Crippen molar-refractivity contribution in [3.8, 4) is 0 Å². The van der Waals surface area contributed by atoms with E-state index in [1.807, 2.05) is 36.4 Å². The Morgan fingerprint density at radius 3 is 0.812 bits per heavy atom. The Labute approximate surface area is 118 Å². The normalized spacial score (nSPS) is 6.25. The van der Waals surface area contributed by atoms with Crippen LogP contribution in [0.4, 0.5) is 0 Å². The summed E-state index contributed by atoms with van der Waals surface area (Å²) in [4.78, 5) is 7.57. The number of nitrogens with zero attached hydrogens (tertiary/aromatic N) is 2. The smallest absolute Gasteiger partial charge is 0.0267 e. The summed E-state index contributed by atoms with van der Waals surface area (Å²) in [6.45, 7) is 6.00. The second kappa shape index (κ2) is 19.6. The van der Waals surface area contributed by atoms with Crippen LogP contribution in [0.5, 0.6) is 0 Å². The Bertz CT molecular complexity index is 205. The minimum atomic E-state index is 0. The molecule has 2 rings (SSSR count). The third kappa shape index (κ3) is 15.5. The second-order valence-corrected chi connectivity index (χ2v) is 2.05. The van der Waals surface area contributed by atoms with Gasteiger partial charge in [0.25, 0.3) is 0 Å². The fourth-order valence-corrected chi connectivity index (χ4v) is 0.625. The SMILES string of the molecule is Br.Br.C=C.c1ccncc1.c1ccncc1. The highest BCUT2D eigenvalue weighted by Gasteiger charge is 1.59. The van der Waals surface area contributed by atoms with Crippen LogP contribution >= 0.6 is 34.0 Å². The molecule has 0 spiro atoms. The molecule has 0 unspecified atom stereocenters. The number of halogens is 2. The molecule has 0 fully saturated rings. The molecule has 0 N–H and O–H groups in total. The molecule has 0 aliphatic heterocycles. The topological polar surface area (TPSA) is 25.8 Å². The lowest BCUT2D eigenvalue weighted by Crippen LogP contribution is -1.58. The van der Waals surface area contributed by atoms with E-state index in [-0.39, 0.29) is 34.0 Å². The van der Waals surface area contributed by atoms with Crippen LogP contribution in [0.1, 0.15) is 0 Å². The zero-order valence-corrected chi connectivity index (χ0v) is 12.3. The largest absolute Gasteiger partial charge is 0.265 e. The summed E-state index contributed by atoms with van der Waals surface area (Å²) >= 11 is 0. The van der Waals surface area contributed by atoms with Crippen LogP contribution in [-0.4, -0.2) is 9.97 Å². The van der Waals surface area contributed by atoms with Gasteiger partial charge in [-0.3, -0.25) is 9.97 Å². The number of rotatable bonds is 0. The van der Waals surface area contributed by atoms with Gasteiger partial charge < -0.3 is 0 Å². The van der Waals surface area contributed by atoms with Gasteiger partial charge in [0.2, 0.25) is 0 Å². The fraction of sp³-hybridized carbons (Fsp3) is 0. The molecule has 2 aromatic heterocycles. The molecule has 2 nitrogen and oxygen atoms in total. The second-order valence-electron chi connectivity index (χ2n) is 2.05. The molecule has 0 atom stereocenters. The van der Waals surface area contributed by atoms with Crippen LogP contribution in [0.3, 0.4) is 0 Å². The summed E-state index contributed by atoms with van der Waals surface area (Å²) in [5, 5.41) is 0. The highest BCUT2D eigenvalue weighted by molar-refractivity contribution is 8.93. The van der Waals surface area contributed by atoms with Gasteiger partial charge in [-0.15, -0.1) is 47.1 Å². The first kappa shape index (κ1) is 20.4. The lowest BCUT2D eigenvalue weighted by atomic mass is 10.5. The molecule has 2 heterocycles. The third-order valence-corrected chi connectivity index (χ3v) is 1.13. The van der Waals surface area contributed by atoms with Gasteiger partial charge in [-0.25, -0.2) is 0 Å². The highest BCUT2D eigenvalue weighted by atomic mass is 79.9. The van der Waals surface area contributed by atoms with Crippen molar-refractivity contribution in [1.29, 1.82) is 0 Å². The summed E-state index contributed by atoms with van der Waals surface area (Å²) in [5.74, 6) is 0. The van der Waals surface area contributed by atoms with Gasteiger partial charge in [-0.2, -0.15) is 0 Å². The van der Waals surface area contributed by atoms with Crippen molar-refractivity contribution in [3.63, 3.8) is 0 Å². The predicted molar refractivity (Wildman–Crippen MR) is 80.4 cm³/mol. The molecule has 0 saturated carbocycles. The van der Waals surface area contributed by atoms with Crippen LogP contribution in [0.2, 0.25) is 0 Å². The molecule has 0 radical (unpaired) electrons. The highest BCUT2D eigenvalue weighted by Crippen LogP contribution is 1.74. The van der Waals surface area contributed by atoms with Gasteiger partial charge in [-0.1, -0.05) is 12.1 Å². The predicted octanol–water partition coefficient (Wildman–Crippen LogP) is 4.12. The van der Waals surface area contributed by atoms with Crippen molar-refractivity contribution in [3.05, 3.63) is 74.3 Å². The lowest BCUT2D eigenvalue weighted by Gasteiger charge is -1.70. The maximum Gasteiger partial charge on any atom is 0.0267 e. The Kier molecular flexibility index (Phi) is 25.0. The zero-order chi connectivity index (χ0) is 10.5. The monoisotopic (exact) mass is 346 g/mol. The van der Waals surface area contributed by atoms with Crippen molar-refractivity contribution in [2.24, 2.45) is 0 Å². The molecule has 4 heteroatoms. The van der Waals surface area contributed by atoms with E-state index < -0.39 is 0 Å². The van der Waals surface area contributed by atoms with Gasteiger partial charge in [0.15, 0.2) is 0 Å². The Morgan fingerprint density at radius 1 is 0.500 bits per heavy atom. The molecule has 0 bridgehead atoms. The van der Waals surface area contributed by atoms with E-state index in [0.29, 0.717) is 0 Å². The molecule has 2 aromatic rings. The number of pyridine rings is 2. The molecule has 0 amide bonds. The van der Waals surface area contributed by atoms with Crippen LogP contribution in [0.25, 0.3) is 0 Å². The molecule has 0 saturated heterocycles. The zero-order valence-electron chi connectivity index (χ0n) is 8.90. The number of hydrogen-bond acceptors (Lipinski definition) is 2. The maximum absolute atomic E-state index is 3.78. The Balaban J connectivity index is -0.000000165. The average molecular weight is 348 g/mol. The molecule has 0 aliphatic carbocycles. The maximum atomic E-state index is 3.78. The summed E-state index contributed by atoms with van der Waals surface area (Å²) in [6, 6.07) is 11.4. The van der Waals surface area contributed by atoms with Gasteiger partial charge in [-0.05, 0) is 24.3 Å². The van der Waals surface area contributed by atoms with Crippen molar-refractivity contribution in [2.75, 3.05) is 0 Å². The summed E-state index contributed by atoms with van der Waals surface area (Å²) in [7, 11) is 0. The minimum Gasteiger partial charge on any atom is -0.265 e. The van der Waals surface area contributed by atoms with Gasteiger partial charge in [0.1, 0.15) is 0 Å². The van der Waals surface area contributed by atoms with Crippen molar-refractivity contribution in [1.82, 2.24) is 9.97 Å². The van der Waals surface area contributed by atoms with E-state index in [0.717, 1.165) is 0 Å². The van der Waals surface area contributed by atoms with E-state index in [4.69, 9.17) is 0 Å². The van der Waals surface area contributed by atoms with Crippen molar-refractivity contribution >= 4 is 34.0 Å². The van der Waals surface area contributed by atoms with E-state index in [9.17, 15) is 0 Å². The Hall–Kier alpha value is -1.00. The van der Waals surface area contributed by atoms with Crippen LogP contribution in [0.15, 0.2) is 74.3 Å². The number of hydrogen-bond donors (Lipinski definition) is 0. The van der Waals surface area contributed by atoms with E-state index in [2.05, 4.69) is 23.1 Å². The van der Waals surface area contributed by atoms with E-state index in [1.165, 1.54) is 0 Å². The third-order valence-electron chi connectivity index (χ3n) is 1.13. The standard InChI is InChI=1S/2C5H5N.C2H4.2BrH/c2*1-2-4-6-5-3-1;1-2;;/h2*1-5H;1-2H2;2*1H. The molecule has 88 valence electrons. The summed E-state index contributed by atoms with van der Waals surface area (Å²) < 4.78 is 0. The Morgan fingerprint density at radius 2 is 0.750 bits per heavy atom. The van der Waals surface area contributed by atoms with Crippen molar-refractivity contribution in [2.45, 2.75) is 0 Å². The van der Waals surface area contributed by atoms with Gasteiger partial charge in [0, 0.05) is 24.8 Å². The van der Waals surface area contributed by atoms with E-state index >= 15 is 0 Å². The first-order chi connectivity index (χ1) is 7.00. The lowest BCUT2D eigenvalue weighted by molar-refractivity contribution is 1.33. The van der Waals surface area contributed by atoms with Crippen LogP contribution in [-0.2, 0) is 0 Å². The van der Waals surface area contributed by atoms with E-state index in [1.54, 1.807) is 24.8 Å². The van der Waals surface area contributed by atoms with Gasteiger partial charge in [0.05, 0.1) is 0 Å². The van der Waals surface area contributed by atoms with Crippen LogP contribution in [0, 0.1) is 0 Å².